The van der Waals surface area contributed by atoms with E-state index in [2.05, 4.69) is 22.4 Å². The SMILES string of the molecule is Cc1cnccc1CNCc1ccc(/C(N)=N/O)cc1. The molecular formula is C15H18N4O. The van der Waals surface area contributed by atoms with Gasteiger partial charge in [-0.05, 0) is 29.7 Å². The molecule has 1 heterocycles. The average molecular weight is 270 g/mol. The zero-order valence-corrected chi connectivity index (χ0v) is 11.4. The van der Waals surface area contributed by atoms with Crippen LogP contribution >= 0.6 is 0 Å². The van der Waals surface area contributed by atoms with Crippen molar-refractivity contribution >= 4 is 5.84 Å². The van der Waals surface area contributed by atoms with E-state index in [1.54, 1.807) is 6.20 Å². The van der Waals surface area contributed by atoms with Crippen molar-refractivity contribution < 1.29 is 5.21 Å². The van der Waals surface area contributed by atoms with Gasteiger partial charge in [0.15, 0.2) is 5.84 Å². The molecule has 0 radical (unpaired) electrons. The number of hydrogen-bond donors (Lipinski definition) is 3. The summed E-state index contributed by atoms with van der Waals surface area (Å²) in [6.07, 6.45) is 3.67. The van der Waals surface area contributed by atoms with Crippen molar-refractivity contribution in [1.29, 1.82) is 0 Å². The van der Waals surface area contributed by atoms with Gasteiger partial charge in [-0.15, -0.1) is 0 Å². The average Bonchev–Trinajstić information content (AvgIpc) is 2.49. The number of hydrogen-bond acceptors (Lipinski definition) is 4. The van der Waals surface area contributed by atoms with Crippen LogP contribution in [0, 0.1) is 6.92 Å². The van der Waals surface area contributed by atoms with Crippen LogP contribution in [0.2, 0.25) is 0 Å². The molecule has 1 aromatic heterocycles. The summed E-state index contributed by atoms with van der Waals surface area (Å²) < 4.78 is 0. The van der Waals surface area contributed by atoms with E-state index in [0.29, 0.717) is 5.56 Å². The van der Waals surface area contributed by atoms with Gasteiger partial charge in [0.1, 0.15) is 0 Å². The molecule has 0 bridgehead atoms. The van der Waals surface area contributed by atoms with Crippen LogP contribution in [0.15, 0.2) is 47.9 Å². The van der Waals surface area contributed by atoms with Gasteiger partial charge in [-0.2, -0.15) is 0 Å². The monoisotopic (exact) mass is 270 g/mol. The maximum Gasteiger partial charge on any atom is 0.170 e. The van der Waals surface area contributed by atoms with Crippen molar-refractivity contribution in [3.05, 3.63) is 65.0 Å². The highest BCUT2D eigenvalue weighted by Gasteiger charge is 2.00. The molecule has 1 aromatic carbocycles. The van der Waals surface area contributed by atoms with E-state index < -0.39 is 0 Å². The minimum atomic E-state index is 0.122. The first-order valence-electron chi connectivity index (χ1n) is 6.37. The fourth-order valence-corrected chi connectivity index (χ4v) is 1.89. The molecule has 0 saturated carbocycles. The number of rotatable bonds is 5. The number of benzene rings is 1. The standard InChI is InChI=1S/C15H18N4O/c1-11-8-17-7-6-14(11)10-18-9-12-2-4-13(5-3-12)15(16)19-20/h2-8,18,20H,9-10H2,1H3,(H2,16,19). The van der Waals surface area contributed by atoms with Crippen molar-refractivity contribution in [2.24, 2.45) is 10.9 Å². The molecule has 0 saturated heterocycles. The second-order valence-corrected chi connectivity index (χ2v) is 4.59. The molecule has 2 rings (SSSR count). The van der Waals surface area contributed by atoms with E-state index in [-0.39, 0.29) is 5.84 Å². The minimum absolute atomic E-state index is 0.122. The summed E-state index contributed by atoms with van der Waals surface area (Å²) in [5, 5.41) is 15.0. The lowest BCUT2D eigenvalue weighted by Crippen LogP contribution is -2.15. The Balaban J connectivity index is 1.90. The lowest BCUT2D eigenvalue weighted by Gasteiger charge is -2.08. The van der Waals surface area contributed by atoms with Crippen LogP contribution in [0.5, 0.6) is 0 Å². The lowest BCUT2D eigenvalue weighted by molar-refractivity contribution is 0.318. The molecule has 104 valence electrons. The van der Waals surface area contributed by atoms with E-state index in [0.717, 1.165) is 18.7 Å². The predicted octanol–water partition coefficient (Wildman–Crippen LogP) is 1.77. The molecule has 5 heteroatoms. The molecule has 0 spiro atoms. The molecule has 0 aliphatic rings. The van der Waals surface area contributed by atoms with Gasteiger partial charge in [-0.1, -0.05) is 29.4 Å². The zero-order valence-electron chi connectivity index (χ0n) is 11.4. The fraction of sp³-hybridized carbons (Fsp3) is 0.200. The maximum absolute atomic E-state index is 8.60. The second kappa shape index (κ2) is 6.68. The van der Waals surface area contributed by atoms with Crippen LogP contribution in [-0.2, 0) is 13.1 Å². The number of nitrogens with two attached hydrogens (primary N) is 1. The molecule has 20 heavy (non-hydrogen) atoms. The topological polar surface area (TPSA) is 83.5 Å². The summed E-state index contributed by atoms with van der Waals surface area (Å²) in [6, 6.07) is 9.61. The fourth-order valence-electron chi connectivity index (χ4n) is 1.89. The highest BCUT2D eigenvalue weighted by molar-refractivity contribution is 5.96. The number of pyridine rings is 1. The number of nitrogens with zero attached hydrogens (tertiary/aromatic N) is 2. The number of aryl methyl sites for hydroxylation is 1. The Kier molecular flexibility index (Phi) is 4.68. The normalized spacial score (nSPS) is 11.6. The Morgan fingerprint density at radius 3 is 2.65 bits per heavy atom. The molecule has 4 N–H and O–H groups in total. The second-order valence-electron chi connectivity index (χ2n) is 4.59. The van der Waals surface area contributed by atoms with Gasteiger partial charge in [0.05, 0.1) is 0 Å². The third-order valence-electron chi connectivity index (χ3n) is 3.14. The molecule has 2 aromatic rings. The number of nitrogens with one attached hydrogen (secondary N) is 1. The quantitative estimate of drug-likeness (QED) is 0.335. The van der Waals surface area contributed by atoms with Gasteiger partial charge in [-0.3, -0.25) is 4.98 Å². The lowest BCUT2D eigenvalue weighted by atomic mass is 10.1. The number of amidine groups is 1. The summed E-state index contributed by atoms with van der Waals surface area (Å²) in [6.45, 7) is 3.62. The van der Waals surface area contributed by atoms with Crippen molar-refractivity contribution in [2.45, 2.75) is 20.0 Å². The van der Waals surface area contributed by atoms with Gasteiger partial charge in [0.25, 0.3) is 0 Å². The maximum atomic E-state index is 8.60. The molecule has 5 nitrogen and oxygen atoms in total. The van der Waals surface area contributed by atoms with E-state index in [1.807, 2.05) is 36.5 Å². The summed E-state index contributed by atoms with van der Waals surface area (Å²) in [4.78, 5) is 4.07. The highest BCUT2D eigenvalue weighted by Crippen LogP contribution is 2.07. The Hall–Kier alpha value is -2.40. The summed E-state index contributed by atoms with van der Waals surface area (Å²) >= 11 is 0. The highest BCUT2D eigenvalue weighted by atomic mass is 16.4. The van der Waals surface area contributed by atoms with E-state index in [1.165, 1.54) is 11.1 Å². The molecule has 0 unspecified atom stereocenters. The number of oxime groups is 1. The molecule has 0 aliphatic heterocycles. The summed E-state index contributed by atoms with van der Waals surface area (Å²) in [5.74, 6) is 0.122. The molecule has 0 fully saturated rings. The van der Waals surface area contributed by atoms with E-state index in [9.17, 15) is 0 Å². The van der Waals surface area contributed by atoms with Crippen molar-refractivity contribution in [3.8, 4) is 0 Å². The zero-order chi connectivity index (χ0) is 14.4. The minimum Gasteiger partial charge on any atom is -0.409 e. The molecule has 0 atom stereocenters. The number of aromatic nitrogens is 1. The first-order valence-corrected chi connectivity index (χ1v) is 6.37. The third-order valence-corrected chi connectivity index (χ3v) is 3.14. The van der Waals surface area contributed by atoms with Gasteiger partial charge in [-0.25, -0.2) is 0 Å². The summed E-state index contributed by atoms with van der Waals surface area (Å²) in [7, 11) is 0. The van der Waals surface area contributed by atoms with Crippen molar-refractivity contribution in [2.75, 3.05) is 0 Å². The van der Waals surface area contributed by atoms with E-state index in [4.69, 9.17) is 10.9 Å². The first-order chi connectivity index (χ1) is 9.70. The van der Waals surface area contributed by atoms with Gasteiger partial charge in [0, 0.05) is 31.0 Å². The van der Waals surface area contributed by atoms with Crippen molar-refractivity contribution in [3.63, 3.8) is 0 Å². The van der Waals surface area contributed by atoms with Crippen LogP contribution in [0.1, 0.15) is 22.3 Å². The van der Waals surface area contributed by atoms with Gasteiger partial charge >= 0.3 is 0 Å². The Morgan fingerprint density at radius 2 is 2.00 bits per heavy atom. The van der Waals surface area contributed by atoms with Gasteiger partial charge < -0.3 is 16.3 Å². The first kappa shape index (κ1) is 14.0. The van der Waals surface area contributed by atoms with Gasteiger partial charge in [0.2, 0.25) is 0 Å². The molecular weight excluding hydrogens is 252 g/mol. The van der Waals surface area contributed by atoms with Crippen LogP contribution < -0.4 is 11.1 Å². The Labute approximate surface area is 118 Å². The van der Waals surface area contributed by atoms with Crippen LogP contribution in [-0.4, -0.2) is 16.0 Å². The third kappa shape index (κ3) is 3.55. The van der Waals surface area contributed by atoms with Crippen molar-refractivity contribution in [1.82, 2.24) is 10.3 Å². The van der Waals surface area contributed by atoms with Crippen LogP contribution in [0.25, 0.3) is 0 Å². The van der Waals surface area contributed by atoms with Crippen LogP contribution in [0.3, 0.4) is 0 Å². The van der Waals surface area contributed by atoms with Crippen LogP contribution in [0.4, 0.5) is 0 Å². The Bertz CT molecular complexity index is 593. The predicted molar refractivity (Wildman–Crippen MR) is 78.5 cm³/mol. The van der Waals surface area contributed by atoms with E-state index >= 15 is 0 Å². The smallest absolute Gasteiger partial charge is 0.170 e. The summed E-state index contributed by atoms with van der Waals surface area (Å²) in [5.41, 5.74) is 9.80. The molecule has 0 amide bonds. The largest absolute Gasteiger partial charge is 0.409 e. The molecule has 0 aliphatic carbocycles. The Morgan fingerprint density at radius 1 is 1.25 bits per heavy atom.